The van der Waals surface area contributed by atoms with Crippen molar-refractivity contribution in [2.45, 2.75) is 13.5 Å². The van der Waals surface area contributed by atoms with Crippen LogP contribution >= 0.6 is 11.6 Å². The average Bonchev–Trinajstić information content (AvgIpc) is 2.62. The third-order valence-electron chi connectivity index (χ3n) is 3.55. The van der Waals surface area contributed by atoms with E-state index in [1.54, 1.807) is 6.20 Å². The summed E-state index contributed by atoms with van der Waals surface area (Å²) in [5.41, 5.74) is 3.15. The molecule has 0 aliphatic heterocycles. The first-order valence-electron chi connectivity index (χ1n) is 7.78. The lowest BCUT2D eigenvalue weighted by Crippen LogP contribution is -2.14. The summed E-state index contributed by atoms with van der Waals surface area (Å²) in [5.74, 6) is 0.310. The van der Waals surface area contributed by atoms with Crippen LogP contribution in [0.3, 0.4) is 0 Å². The van der Waals surface area contributed by atoms with E-state index in [2.05, 4.69) is 20.6 Å². The summed E-state index contributed by atoms with van der Waals surface area (Å²) in [6.45, 7) is 2.57. The molecule has 0 saturated heterocycles. The highest BCUT2D eigenvalue weighted by atomic mass is 35.5. The van der Waals surface area contributed by atoms with Gasteiger partial charge >= 0.3 is 0 Å². The summed E-state index contributed by atoms with van der Waals surface area (Å²) in [4.78, 5) is 20.6. The predicted molar refractivity (Wildman–Crippen MR) is 99.9 cm³/mol. The Balaban J connectivity index is 1.59. The zero-order valence-electron chi connectivity index (χ0n) is 13.7. The SMILES string of the molecule is Cc1cccc(NC(=O)c2cnc(NCc3ccc(Cl)cc3)cn2)c1. The van der Waals surface area contributed by atoms with Crippen LogP contribution < -0.4 is 10.6 Å². The van der Waals surface area contributed by atoms with Gasteiger partial charge in [0.25, 0.3) is 5.91 Å². The maximum absolute atomic E-state index is 12.2. The Morgan fingerprint density at radius 2 is 1.88 bits per heavy atom. The van der Waals surface area contributed by atoms with Crippen LogP contribution in [0.1, 0.15) is 21.6 Å². The Labute approximate surface area is 151 Å². The van der Waals surface area contributed by atoms with Crippen molar-refractivity contribution < 1.29 is 4.79 Å². The summed E-state index contributed by atoms with van der Waals surface area (Å²) >= 11 is 5.86. The van der Waals surface area contributed by atoms with Crippen LogP contribution in [0.15, 0.2) is 60.9 Å². The minimum absolute atomic E-state index is 0.263. The van der Waals surface area contributed by atoms with Crippen LogP contribution in [-0.4, -0.2) is 15.9 Å². The van der Waals surface area contributed by atoms with Crippen molar-refractivity contribution in [3.8, 4) is 0 Å². The number of rotatable bonds is 5. The normalized spacial score (nSPS) is 10.3. The van der Waals surface area contributed by atoms with Crippen LogP contribution in [0.5, 0.6) is 0 Å². The van der Waals surface area contributed by atoms with Crippen LogP contribution in [0.25, 0.3) is 0 Å². The standard InChI is InChI=1S/C19H17ClN4O/c1-13-3-2-4-16(9-13)24-19(25)17-11-23-18(12-21-17)22-10-14-5-7-15(20)8-6-14/h2-9,11-12H,10H2,1H3,(H,22,23)(H,24,25). The highest BCUT2D eigenvalue weighted by molar-refractivity contribution is 6.30. The molecule has 0 radical (unpaired) electrons. The quantitative estimate of drug-likeness (QED) is 0.718. The largest absolute Gasteiger partial charge is 0.365 e. The molecule has 3 rings (SSSR count). The van der Waals surface area contributed by atoms with Gasteiger partial charge in [-0.05, 0) is 42.3 Å². The molecule has 0 saturated carbocycles. The molecule has 1 aromatic heterocycles. The van der Waals surface area contributed by atoms with Crippen molar-refractivity contribution in [1.82, 2.24) is 9.97 Å². The Morgan fingerprint density at radius 1 is 1.08 bits per heavy atom. The molecule has 2 N–H and O–H groups in total. The molecule has 2 aromatic carbocycles. The van der Waals surface area contributed by atoms with Crippen LogP contribution in [0.2, 0.25) is 5.02 Å². The minimum Gasteiger partial charge on any atom is -0.365 e. The first kappa shape index (κ1) is 16.9. The molecular formula is C19H17ClN4O. The fraction of sp³-hybridized carbons (Fsp3) is 0.105. The smallest absolute Gasteiger partial charge is 0.275 e. The van der Waals surface area contributed by atoms with Gasteiger partial charge in [-0.15, -0.1) is 0 Å². The summed E-state index contributed by atoms with van der Waals surface area (Å²) in [6.07, 6.45) is 3.00. The second kappa shape index (κ2) is 7.77. The number of hydrogen-bond acceptors (Lipinski definition) is 4. The number of halogens is 1. The molecule has 0 fully saturated rings. The van der Waals surface area contributed by atoms with Crippen LogP contribution in [0.4, 0.5) is 11.5 Å². The minimum atomic E-state index is -0.289. The first-order chi connectivity index (χ1) is 12.1. The van der Waals surface area contributed by atoms with Gasteiger partial charge in [0.05, 0.1) is 12.4 Å². The zero-order valence-corrected chi connectivity index (χ0v) is 14.4. The summed E-state index contributed by atoms with van der Waals surface area (Å²) in [5, 5.41) is 6.66. The number of anilines is 2. The maximum atomic E-state index is 12.2. The van der Waals surface area contributed by atoms with E-state index in [0.29, 0.717) is 17.4 Å². The van der Waals surface area contributed by atoms with Crippen molar-refractivity contribution in [2.24, 2.45) is 0 Å². The molecule has 0 aliphatic rings. The summed E-state index contributed by atoms with van der Waals surface area (Å²) in [6, 6.07) is 15.1. The fourth-order valence-corrected chi connectivity index (χ4v) is 2.38. The number of aryl methyl sites for hydroxylation is 1. The van der Waals surface area contributed by atoms with E-state index in [1.165, 1.54) is 6.20 Å². The van der Waals surface area contributed by atoms with E-state index in [0.717, 1.165) is 16.8 Å². The highest BCUT2D eigenvalue weighted by Crippen LogP contribution is 2.12. The van der Waals surface area contributed by atoms with E-state index in [4.69, 9.17) is 11.6 Å². The van der Waals surface area contributed by atoms with Gasteiger partial charge in [-0.25, -0.2) is 9.97 Å². The Morgan fingerprint density at radius 3 is 2.56 bits per heavy atom. The van der Waals surface area contributed by atoms with E-state index in [1.807, 2.05) is 55.5 Å². The number of nitrogens with zero attached hydrogens (tertiary/aromatic N) is 2. The lowest BCUT2D eigenvalue weighted by Gasteiger charge is -2.07. The van der Waals surface area contributed by atoms with E-state index >= 15 is 0 Å². The molecule has 1 amide bonds. The van der Waals surface area contributed by atoms with E-state index < -0.39 is 0 Å². The summed E-state index contributed by atoms with van der Waals surface area (Å²) < 4.78 is 0. The second-order valence-electron chi connectivity index (χ2n) is 5.59. The van der Waals surface area contributed by atoms with E-state index in [-0.39, 0.29) is 11.6 Å². The van der Waals surface area contributed by atoms with Crippen molar-refractivity contribution in [2.75, 3.05) is 10.6 Å². The molecule has 6 heteroatoms. The van der Waals surface area contributed by atoms with Crippen molar-refractivity contribution in [1.29, 1.82) is 0 Å². The lowest BCUT2D eigenvalue weighted by atomic mass is 10.2. The number of aromatic nitrogens is 2. The zero-order chi connectivity index (χ0) is 17.6. The molecule has 0 atom stereocenters. The fourth-order valence-electron chi connectivity index (χ4n) is 2.25. The Bertz CT molecular complexity index is 863. The molecule has 3 aromatic rings. The topological polar surface area (TPSA) is 66.9 Å². The number of carbonyl (C=O) groups is 1. The van der Waals surface area contributed by atoms with Gasteiger partial charge in [0.15, 0.2) is 0 Å². The van der Waals surface area contributed by atoms with Crippen molar-refractivity contribution >= 4 is 29.0 Å². The first-order valence-corrected chi connectivity index (χ1v) is 8.16. The van der Waals surface area contributed by atoms with Crippen LogP contribution in [0, 0.1) is 6.92 Å². The van der Waals surface area contributed by atoms with E-state index in [9.17, 15) is 4.79 Å². The van der Waals surface area contributed by atoms with Crippen LogP contribution in [-0.2, 0) is 6.54 Å². The molecule has 25 heavy (non-hydrogen) atoms. The number of carbonyl (C=O) groups excluding carboxylic acids is 1. The molecule has 5 nitrogen and oxygen atoms in total. The lowest BCUT2D eigenvalue weighted by molar-refractivity contribution is 0.102. The average molecular weight is 353 g/mol. The number of hydrogen-bond donors (Lipinski definition) is 2. The third kappa shape index (κ3) is 4.78. The highest BCUT2D eigenvalue weighted by Gasteiger charge is 2.08. The number of nitrogens with one attached hydrogen (secondary N) is 2. The number of amides is 1. The van der Waals surface area contributed by atoms with Gasteiger partial charge in [0.1, 0.15) is 11.5 Å². The second-order valence-corrected chi connectivity index (χ2v) is 6.03. The Hall–Kier alpha value is -2.92. The predicted octanol–water partition coefficient (Wildman–Crippen LogP) is 4.30. The van der Waals surface area contributed by atoms with Gasteiger partial charge in [-0.2, -0.15) is 0 Å². The molecule has 0 aliphatic carbocycles. The van der Waals surface area contributed by atoms with Gasteiger partial charge in [0.2, 0.25) is 0 Å². The third-order valence-corrected chi connectivity index (χ3v) is 3.80. The molecular weight excluding hydrogens is 336 g/mol. The molecule has 0 bridgehead atoms. The summed E-state index contributed by atoms with van der Waals surface area (Å²) in [7, 11) is 0. The Kier molecular flexibility index (Phi) is 5.26. The van der Waals surface area contributed by atoms with Gasteiger partial charge in [-0.1, -0.05) is 35.9 Å². The van der Waals surface area contributed by atoms with Crippen molar-refractivity contribution in [3.05, 3.63) is 82.8 Å². The number of benzene rings is 2. The van der Waals surface area contributed by atoms with Crippen molar-refractivity contribution in [3.63, 3.8) is 0 Å². The molecule has 126 valence electrons. The van der Waals surface area contributed by atoms with Gasteiger partial charge in [-0.3, -0.25) is 4.79 Å². The maximum Gasteiger partial charge on any atom is 0.275 e. The monoisotopic (exact) mass is 352 g/mol. The molecule has 1 heterocycles. The molecule has 0 spiro atoms. The molecule has 0 unspecified atom stereocenters. The van der Waals surface area contributed by atoms with Gasteiger partial charge < -0.3 is 10.6 Å². The van der Waals surface area contributed by atoms with Gasteiger partial charge in [0, 0.05) is 17.3 Å².